The fraction of sp³-hybridized carbons (Fsp3) is 0.250. The van der Waals surface area contributed by atoms with Crippen molar-refractivity contribution >= 4 is 17.0 Å². The molecule has 2 aliphatic rings. The van der Waals surface area contributed by atoms with E-state index in [1.54, 1.807) is 0 Å². The molecule has 3 nitrogen and oxygen atoms in total. The second-order valence-corrected chi connectivity index (χ2v) is 8.23. The lowest BCUT2D eigenvalue weighted by molar-refractivity contribution is 0.217. The Labute approximate surface area is 169 Å². The van der Waals surface area contributed by atoms with E-state index in [9.17, 15) is 0 Å². The van der Waals surface area contributed by atoms with Crippen molar-refractivity contribution in [3.8, 4) is 11.5 Å². The van der Waals surface area contributed by atoms with Gasteiger partial charge in [0.1, 0.15) is 24.7 Å². The summed E-state index contributed by atoms with van der Waals surface area (Å²) in [7, 11) is 0. The van der Waals surface area contributed by atoms with Gasteiger partial charge >= 0.3 is 0 Å². The lowest BCUT2D eigenvalue weighted by atomic mass is 9.79. The molecule has 4 heteroatoms. The highest BCUT2D eigenvalue weighted by Gasteiger charge is 2.38. The SMILES string of the molecule is C1=CC2c3cc(OCCOc4ccccc4)ccc3NC(c3cccs3)C2C1. The second kappa shape index (κ2) is 7.72. The molecule has 2 aromatic carbocycles. The molecule has 1 aliphatic carbocycles. The fourth-order valence-electron chi connectivity index (χ4n) is 4.25. The van der Waals surface area contributed by atoms with Crippen LogP contribution in [0.2, 0.25) is 0 Å². The van der Waals surface area contributed by atoms with Crippen LogP contribution in [-0.4, -0.2) is 13.2 Å². The van der Waals surface area contributed by atoms with Crippen molar-refractivity contribution in [2.24, 2.45) is 5.92 Å². The van der Waals surface area contributed by atoms with Crippen molar-refractivity contribution in [3.05, 3.63) is 88.6 Å². The summed E-state index contributed by atoms with van der Waals surface area (Å²) in [5.74, 6) is 2.81. The summed E-state index contributed by atoms with van der Waals surface area (Å²) in [4.78, 5) is 1.42. The molecule has 1 aromatic heterocycles. The third-order valence-electron chi connectivity index (χ3n) is 5.55. The minimum Gasteiger partial charge on any atom is -0.490 e. The molecule has 0 fully saturated rings. The molecule has 1 N–H and O–H groups in total. The number of hydrogen-bond acceptors (Lipinski definition) is 4. The quantitative estimate of drug-likeness (QED) is 0.412. The van der Waals surface area contributed by atoms with E-state index in [0.717, 1.165) is 17.9 Å². The molecular weight excluding hydrogens is 366 g/mol. The van der Waals surface area contributed by atoms with Crippen molar-refractivity contribution in [3.63, 3.8) is 0 Å². The minimum absolute atomic E-state index is 0.388. The first-order valence-corrected chi connectivity index (χ1v) is 10.7. The standard InChI is InChI=1S/C24H23NO2S/c1-2-6-17(7-3-1)26-13-14-27-18-11-12-22-21(16-18)19-8-4-9-20(19)24(25-22)23-10-5-15-28-23/h1-8,10-12,15-16,19-20,24-25H,9,13-14H2. The van der Waals surface area contributed by atoms with E-state index >= 15 is 0 Å². The number of allylic oxidation sites excluding steroid dienone is 2. The van der Waals surface area contributed by atoms with Gasteiger partial charge in [-0.15, -0.1) is 11.3 Å². The number of thiophene rings is 1. The van der Waals surface area contributed by atoms with E-state index < -0.39 is 0 Å². The smallest absolute Gasteiger partial charge is 0.122 e. The molecule has 3 aromatic rings. The summed E-state index contributed by atoms with van der Waals surface area (Å²) in [5.41, 5.74) is 2.56. The van der Waals surface area contributed by atoms with Crippen LogP contribution in [0.4, 0.5) is 5.69 Å². The van der Waals surface area contributed by atoms with Crippen LogP contribution in [0.3, 0.4) is 0 Å². The lowest BCUT2D eigenvalue weighted by Crippen LogP contribution is -2.28. The van der Waals surface area contributed by atoms with Crippen molar-refractivity contribution in [1.29, 1.82) is 0 Å². The summed E-state index contributed by atoms with van der Waals surface area (Å²) < 4.78 is 11.7. The Morgan fingerprint density at radius 3 is 2.61 bits per heavy atom. The van der Waals surface area contributed by atoms with E-state index in [1.165, 1.54) is 16.1 Å². The maximum Gasteiger partial charge on any atom is 0.122 e. The van der Waals surface area contributed by atoms with E-state index in [1.807, 2.05) is 41.7 Å². The van der Waals surface area contributed by atoms with Crippen LogP contribution >= 0.6 is 11.3 Å². The molecule has 5 rings (SSSR count). The Kier molecular flexibility index (Phi) is 4.79. The number of benzene rings is 2. The van der Waals surface area contributed by atoms with Crippen LogP contribution < -0.4 is 14.8 Å². The topological polar surface area (TPSA) is 30.5 Å². The Balaban J connectivity index is 1.28. The highest BCUT2D eigenvalue weighted by Crippen LogP contribution is 2.51. The predicted octanol–water partition coefficient (Wildman–Crippen LogP) is 6.03. The minimum atomic E-state index is 0.388. The molecule has 0 radical (unpaired) electrons. The summed E-state index contributed by atoms with van der Waals surface area (Å²) in [5, 5.41) is 5.94. The van der Waals surface area contributed by atoms with E-state index in [4.69, 9.17) is 9.47 Å². The Morgan fingerprint density at radius 1 is 0.929 bits per heavy atom. The zero-order valence-electron chi connectivity index (χ0n) is 15.6. The van der Waals surface area contributed by atoms with Gasteiger partial charge in [0.25, 0.3) is 0 Å². The van der Waals surface area contributed by atoms with Crippen LogP contribution in [0, 0.1) is 5.92 Å². The molecule has 0 saturated carbocycles. The normalized spacial score (nSPS) is 22.2. The van der Waals surface area contributed by atoms with Crippen LogP contribution in [0.5, 0.6) is 11.5 Å². The molecule has 0 bridgehead atoms. The molecule has 0 saturated heterocycles. The highest BCUT2D eigenvalue weighted by molar-refractivity contribution is 7.10. The third kappa shape index (κ3) is 3.40. The van der Waals surface area contributed by atoms with Crippen LogP contribution in [0.15, 0.2) is 78.2 Å². The average molecular weight is 390 g/mol. The maximum atomic E-state index is 5.97. The average Bonchev–Trinajstić information content (AvgIpc) is 3.44. The van der Waals surface area contributed by atoms with Gasteiger partial charge in [-0.2, -0.15) is 0 Å². The number of para-hydroxylation sites is 1. The molecule has 142 valence electrons. The van der Waals surface area contributed by atoms with E-state index in [2.05, 4.69) is 53.2 Å². The first-order chi connectivity index (χ1) is 13.9. The molecule has 0 spiro atoms. The van der Waals surface area contributed by atoms with Gasteiger partial charge in [-0.3, -0.25) is 0 Å². The molecular formula is C24H23NO2S. The summed E-state index contributed by atoms with van der Waals surface area (Å²) in [6, 6.07) is 21.0. The molecule has 28 heavy (non-hydrogen) atoms. The van der Waals surface area contributed by atoms with Gasteiger partial charge in [-0.1, -0.05) is 36.4 Å². The van der Waals surface area contributed by atoms with Crippen molar-refractivity contribution in [2.45, 2.75) is 18.4 Å². The molecule has 2 heterocycles. The number of fused-ring (bicyclic) bond motifs is 3. The van der Waals surface area contributed by atoms with Gasteiger partial charge in [0.05, 0.1) is 6.04 Å². The fourth-order valence-corrected chi connectivity index (χ4v) is 5.10. The van der Waals surface area contributed by atoms with Gasteiger partial charge in [-0.25, -0.2) is 0 Å². The van der Waals surface area contributed by atoms with Gasteiger partial charge in [0.2, 0.25) is 0 Å². The molecule has 0 amide bonds. The molecule has 3 atom stereocenters. The number of rotatable bonds is 6. The van der Waals surface area contributed by atoms with E-state index in [-0.39, 0.29) is 0 Å². The second-order valence-electron chi connectivity index (χ2n) is 7.25. The van der Waals surface area contributed by atoms with Gasteiger partial charge in [0, 0.05) is 16.5 Å². The summed E-state index contributed by atoms with van der Waals surface area (Å²) in [6.07, 6.45) is 5.82. The summed E-state index contributed by atoms with van der Waals surface area (Å²) in [6.45, 7) is 1.06. The largest absolute Gasteiger partial charge is 0.490 e. The summed E-state index contributed by atoms with van der Waals surface area (Å²) >= 11 is 1.84. The number of ether oxygens (including phenoxy) is 2. The van der Waals surface area contributed by atoms with Crippen LogP contribution in [0.25, 0.3) is 0 Å². The zero-order chi connectivity index (χ0) is 18.8. The Hall–Kier alpha value is -2.72. The van der Waals surface area contributed by atoms with Crippen LogP contribution in [-0.2, 0) is 0 Å². The zero-order valence-corrected chi connectivity index (χ0v) is 16.4. The first-order valence-electron chi connectivity index (χ1n) is 9.80. The number of anilines is 1. The molecule has 1 aliphatic heterocycles. The highest BCUT2D eigenvalue weighted by atomic mass is 32.1. The predicted molar refractivity (Wildman–Crippen MR) is 115 cm³/mol. The maximum absolute atomic E-state index is 5.97. The van der Waals surface area contributed by atoms with Gasteiger partial charge < -0.3 is 14.8 Å². The lowest BCUT2D eigenvalue weighted by Gasteiger charge is -2.37. The first kappa shape index (κ1) is 17.4. The van der Waals surface area contributed by atoms with Crippen molar-refractivity contribution in [2.75, 3.05) is 18.5 Å². The van der Waals surface area contributed by atoms with Crippen molar-refractivity contribution < 1.29 is 9.47 Å². The Bertz CT molecular complexity index is 952. The van der Waals surface area contributed by atoms with Crippen LogP contribution in [0.1, 0.15) is 28.8 Å². The number of nitrogens with one attached hydrogen (secondary N) is 1. The Morgan fingerprint density at radius 2 is 1.79 bits per heavy atom. The monoisotopic (exact) mass is 389 g/mol. The molecule has 3 unspecified atom stereocenters. The van der Waals surface area contributed by atoms with E-state index in [0.29, 0.717) is 31.1 Å². The third-order valence-corrected chi connectivity index (χ3v) is 6.50. The number of hydrogen-bond donors (Lipinski definition) is 1. The van der Waals surface area contributed by atoms with Gasteiger partial charge in [-0.05, 0) is 59.7 Å². The van der Waals surface area contributed by atoms with Gasteiger partial charge in [0.15, 0.2) is 0 Å². The van der Waals surface area contributed by atoms with Crippen molar-refractivity contribution in [1.82, 2.24) is 0 Å².